The molecule has 1 fully saturated rings. The summed E-state index contributed by atoms with van der Waals surface area (Å²) in [7, 11) is 6.20. The lowest BCUT2D eigenvalue weighted by Crippen LogP contribution is -2.22. The van der Waals surface area contributed by atoms with Gasteiger partial charge in [-0.15, -0.1) is 65.7 Å². The molecule has 0 atom stereocenters. The Kier molecular flexibility index (Phi) is 16.3. The molecule has 37 heteroatoms. The van der Waals surface area contributed by atoms with E-state index in [0.717, 1.165) is 79.2 Å². The highest BCUT2D eigenvalue weighted by atomic mass is 127. The van der Waals surface area contributed by atoms with E-state index in [1.54, 1.807) is 75.1 Å². The topological polar surface area (TPSA) is 362 Å². The number of aromatic nitrogens is 24. The van der Waals surface area contributed by atoms with Crippen molar-refractivity contribution in [3.8, 4) is 46.3 Å². The van der Waals surface area contributed by atoms with Crippen molar-refractivity contribution in [1.29, 1.82) is 0 Å². The Morgan fingerprint density at radius 3 is 1.24 bits per heavy atom. The quantitative estimate of drug-likeness (QED) is 0.0890. The molecule has 13 rings (SSSR count). The van der Waals surface area contributed by atoms with Gasteiger partial charge in [0.25, 0.3) is 0 Å². The summed E-state index contributed by atoms with van der Waals surface area (Å²) in [5.41, 5.74) is 4.96. The maximum Gasteiger partial charge on any atom is 0.368 e. The molecular formula is C46H49IN24O8S4. The number of aromatic amines is 4. The van der Waals surface area contributed by atoms with Gasteiger partial charge in [0.2, 0.25) is 23.5 Å². The summed E-state index contributed by atoms with van der Waals surface area (Å²) < 4.78 is 62.3. The molecule has 0 unspecified atom stereocenters. The second-order valence-corrected chi connectivity index (χ2v) is 23.1. The Bertz CT molecular complexity index is 4420. The molecule has 12 aromatic heterocycles. The summed E-state index contributed by atoms with van der Waals surface area (Å²) in [5.74, 6) is 1.98. The summed E-state index contributed by atoms with van der Waals surface area (Å²) in [6.07, 6.45) is 9.07. The molecule has 1 aliphatic rings. The molecule has 0 bridgehead atoms. The lowest BCUT2D eigenvalue weighted by molar-refractivity contribution is 0.292. The van der Waals surface area contributed by atoms with Crippen LogP contribution >= 0.6 is 67.9 Å². The third-order valence-corrected chi connectivity index (χ3v) is 17.5. The largest absolute Gasteiger partial charge is 0.472 e. The number of hydrogen-bond acceptors (Lipinski definition) is 24. The first-order valence-corrected chi connectivity index (χ1v) is 29.2. The zero-order valence-corrected chi connectivity index (χ0v) is 49.9. The Balaban J connectivity index is 0.000000129. The van der Waals surface area contributed by atoms with Crippen molar-refractivity contribution in [2.24, 2.45) is 28.2 Å². The van der Waals surface area contributed by atoms with Gasteiger partial charge < -0.3 is 18.9 Å². The summed E-state index contributed by atoms with van der Waals surface area (Å²) in [6.45, 7) is 4.99. The summed E-state index contributed by atoms with van der Waals surface area (Å²) in [6, 6.07) is 6.44. The first kappa shape index (κ1) is 52.1. The van der Waals surface area contributed by atoms with E-state index in [4.69, 9.17) is 24.6 Å². The minimum Gasteiger partial charge on any atom is -0.472 e. The zero-order valence-electron chi connectivity index (χ0n) is 48.5. The van der Waals surface area contributed by atoms with Crippen molar-refractivity contribution >= 4 is 67.9 Å². The maximum atomic E-state index is 12.1. The van der Waals surface area contributed by atoms with Crippen LogP contribution in [0.5, 0.6) is 23.5 Å². The molecule has 0 aromatic carbocycles. The highest BCUT2D eigenvalue weighted by Crippen LogP contribution is 2.46. The Morgan fingerprint density at radius 2 is 0.855 bits per heavy atom. The summed E-state index contributed by atoms with van der Waals surface area (Å²) >= 11 is 8.35. The van der Waals surface area contributed by atoms with Crippen molar-refractivity contribution < 1.29 is 24.6 Å². The standard InChI is InChI=1S/C13H14N6O2S.C12H14N6O2S.C11H12N6O2S.C10H9IN6O2S/c1-18-13(20)19(17-16-18)10-7-22-12(8-2-3-8)9(10)6-21-11-4-5-14-15-11;1-3-10-8(6-20-11-4-5-13-14-11)9(7-21-10)18-12(19)17(2)15-16-18;1-7-8(5-19-10-3-4-12-13-10)9(6-20-7)17-11(18)16(2)14-15-17;1-16-10(18)17(15-14-16)7-5-20-9(11)6(7)4-19-8-2-3-12-13-8/h4-5,7-8H,2-3,6H2,1H3,(H,14,15);4-5,7H,3,6H2,1-2H3,(H,13,14);3-4,6H,5H2,1-2H3,(H,12,13);2-3,5H,4H2,1H3,(H,12,13)/i/hT4. The molecule has 4 N–H and O–H groups in total. The molecule has 0 amide bonds. The zero-order chi connectivity index (χ0) is 61.6. The molecule has 432 valence electrons. The first-order valence-electron chi connectivity index (χ1n) is 26.3. The highest BCUT2D eigenvalue weighted by molar-refractivity contribution is 14.1. The van der Waals surface area contributed by atoms with Crippen molar-refractivity contribution in [2.75, 3.05) is 0 Å². The average Bonchev–Trinajstić information content (AvgIpc) is 2.34. The molecular weight excluding hydrogens is 1270 g/mol. The lowest BCUT2D eigenvalue weighted by atomic mass is 10.2. The van der Waals surface area contributed by atoms with Crippen LogP contribution in [0.2, 0.25) is 5.65 Å². The molecule has 83 heavy (non-hydrogen) atoms. The van der Waals surface area contributed by atoms with Gasteiger partial charge in [-0.05, 0) is 96.4 Å². The predicted octanol–water partition coefficient (Wildman–Crippen LogP) is 3.67. The van der Waals surface area contributed by atoms with Gasteiger partial charge >= 0.3 is 22.8 Å². The molecule has 12 heterocycles. The Morgan fingerprint density at radius 1 is 0.506 bits per heavy atom. The van der Waals surface area contributed by atoms with Crippen LogP contribution in [0, 0.1) is 9.81 Å². The first-order chi connectivity index (χ1) is 41.8. The van der Waals surface area contributed by atoms with Crippen LogP contribution in [0.4, 0.5) is 0 Å². The number of aryl methyl sites for hydroxylation is 6. The van der Waals surface area contributed by atoms with Crippen LogP contribution in [0.25, 0.3) is 22.7 Å². The minimum atomic E-state index is -0.319. The fraction of sp³-hybridized carbons (Fsp3) is 0.304. The second kappa shape index (κ2) is 25.9. The number of rotatable bonds is 18. The summed E-state index contributed by atoms with van der Waals surface area (Å²) in [5, 5.41) is 56.9. The van der Waals surface area contributed by atoms with E-state index < -0.39 is 0 Å². The Labute approximate surface area is 501 Å². The molecule has 1 aliphatic carbocycles. The number of hydrogen-bond donors (Lipinski definition) is 4. The van der Waals surface area contributed by atoms with E-state index in [2.05, 4.69) is 84.7 Å². The highest BCUT2D eigenvalue weighted by Gasteiger charge is 2.31. The van der Waals surface area contributed by atoms with Gasteiger partial charge in [0.15, 0.2) is 5.65 Å². The van der Waals surface area contributed by atoms with Gasteiger partial charge in [-0.2, -0.15) is 37.5 Å². The monoisotopic (exact) mass is 1330 g/mol. The Hall–Kier alpha value is -8.95. The van der Waals surface area contributed by atoms with Crippen molar-refractivity contribution in [3.05, 3.63) is 152 Å². The van der Waals surface area contributed by atoms with Crippen LogP contribution in [-0.2, 0) is 61.0 Å². The van der Waals surface area contributed by atoms with Crippen LogP contribution < -0.4 is 41.7 Å². The second-order valence-electron chi connectivity index (χ2n) is 17.5. The third kappa shape index (κ3) is 13.1. The van der Waals surface area contributed by atoms with Gasteiger partial charge in [0.05, 0.1) is 25.6 Å². The van der Waals surface area contributed by atoms with Crippen molar-refractivity contribution in [1.82, 2.24) is 120 Å². The average molecular weight is 1330 g/mol. The summed E-state index contributed by atoms with van der Waals surface area (Å²) in [4.78, 5) is 51.4. The van der Waals surface area contributed by atoms with Crippen LogP contribution in [0.3, 0.4) is 0 Å². The predicted molar refractivity (Wildman–Crippen MR) is 308 cm³/mol. The molecule has 32 nitrogen and oxygen atoms in total. The normalized spacial score (nSPS) is 12.5. The molecule has 0 aliphatic heterocycles. The van der Waals surface area contributed by atoms with E-state index in [1.807, 2.05) is 35.4 Å². The molecule has 12 aromatic rings. The van der Waals surface area contributed by atoms with Crippen LogP contribution in [0.1, 0.15) is 62.6 Å². The van der Waals surface area contributed by atoms with Crippen LogP contribution in [0.15, 0.2) is 89.8 Å². The van der Waals surface area contributed by atoms with Gasteiger partial charge in [0.1, 0.15) is 26.4 Å². The van der Waals surface area contributed by atoms with Gasteiger partial charge in [-0.25, -0.2) is 19.2 Å². The minimum absolute atomic E-state index is 0.233. The van der Waals surface area contributed by atoms with E-state index in [-0.39, 0.29) is 49.2 Å². The number of ether oxygens (including phenoxy) is 4. The molecule has 0 spiro atoms. The molecule has 0 radical (unpaired) electrons. The third-order valence-electron chi connectivity index (χ3n) is 12.1. The number of nitrogens with zero attached hydrogens (tertiary/aromatic N) is 20. The van der Waals surface area contributed by atoms with E-state index in [9.17, 15) is 19.2 Å². The fourth-order valence-electron chi connectivity index (χ4n) is 7.55. The van der Waals surface area contributed by atoms with Crippen LogP contribution in [-0.4, -0.2) is 120 Å². The number of nitrogens with one attached hydrogen (secondary N) is 4. The van der Waals surface area contributed by atoms with Crippen molar-refractivity contribution in [2.45, 2.75) is 65.5 Å². The number of tetrazole rings is 4. The van der Waals surface area contributed by atoms with Crippen molar-refractivity contribution in [3.63, 3.8) is 0 Å². The lowest BCUT2D eigenvalue weighted by Gasteiger charge is -2.07. The number of halogens is 1. The maximum absolute atomic E-state index is 12.1. The smallest absolute Gasteiger partial charge is 0.368 e. The molecule has 1 saturated carbocycles. The van der Waals surface area contributed by atoms with Gasteiger partial charge in [-0.3, -0.25) is 20.4 Å². The van der Waals surface area contributed by atoms with E-state index in [0.29, 0.717) is 52.2 Å². The molecule has 0 saturated heterocycles. The van der Waals surface area contributed by atoms with Gasteiger partial charge in [0, 0.05) is 136 Å². The van der Waals surface area contributed by atoms with Gasteiger partial charge in [-0.1, -0.05) is 6.92 Å². The van der Waals surface area contributed by atoms with E-state index in [1.165, 1.54) is 85.1 Å². The van der Waals surface area contributed by atoms with E-state index >= 15 is 0 Å². The number of thiophene rings is 4. The fourth-order valence-corrected chi connectivity index (χ4v) is 12.1. The number of H-pyrrole nitrogens is 4. The SMILES string of the molecule is [3H]n1ccc(OCc2c(-n3nnn(C)c3=O)csc2C)n1.[3H]n1ccc(OCc2c(-n3nnn(C)c3=O)csc2C2CC2)n1.[3H]n1ccc(OCc2c(-n3nnn(C)c3=O)csc2CC)n1.[3H]n1ccc(OCc2c(-n3nnn(C)c3=O)csc2I)n1.